The van der Waals surface area contributed by atoms with Crippen LogP contribution in [0.4, 0.5) is 5.69 Å². The number of fused-ring (bicyclic) bond motifs is 1. The number of carbonyl (C=O) groups excluding carboxylic acids is 2. The normalized spacial score (nSPS) is 13.1. The van der Waals surface area contributed by atoms with Crippen molar-refractivity contribution < 1.29 is 19.1 Å². The maximum Gasteiger partial charge on any atom is 0.299 e. The van der Waals surface area contributed by atoms with E-state index in [2.05, 4.69) is 22.9 Å². The van der Waals surface area contributed by atoms with Gasteiger partial charge in [0.2, 0.25) is 0 Å². The maximum absolute atomic E-state index is 12.6. The lowest BCUT2D eigenvalue weighted by Gasteiger charge is -2.20. The van der Waals surface area contributed by atoms with E-state index in [1.54, 1.807) is 13.2 Å². The van der Waals surface area contributed by atoms with Gasteiger partial charge in [0.15, 0.2) is 11.5 Å². The van der Waals surface area contributed by atoms with Crippen molar-refractivity contribution in [3.63, 3.8) is 0 Å². The van der Waals surface area contributed by atoms with E-state index in [4.69, 9.17) is 9.47 Å². The van der Waals surface area contributed by atoms with E-state index in [9.17, 15) is 9.59 Å². The van der Waals surface area contributed by atoms with Gasteiger partial charge in [0, 0.05) is 4.47 Å². The number of amides is 1. The van der Waals surface area contributed by atoms with E-state index in [0.29, 0.717) is 35.9 Å². The van der Waals surface area contributed by atoms with Crippen molar-refractivity contribution in [3.8, 4) is 11.5 Å². The topological polar surface area (TPSA) is 55.8 Å². The highest BCUT2D eigenvalue weighted by Crippen LogP contribution is 2.37. The molecule has 0 aliphatic carbocycles. The van der Waals surface area contributed by atoms with E-state index >= 15 is 0 Å². The van der Waals surface area contributed by atoms with Gasteiger partial charge in [-0.05, 0) is 48.7 Å². The summed E-state index contributed by atoms with van der Waals surface area (Å²) in [7, 11) is 1.60. The molecular formula is C22H24BrNO4. The molecule has 1 amide bonds. The van der Waals surface area contributed by atoms with Crippen molar-refractivity contribution >= 4 is 33.3 Å². The zero-order valence-corrected chi connectivity index (χ0v) is 18.0. The van der Waals surface area contributed by atoms with Crippen LogP contribution >= 0.6 is 15.9 Å². The third-order valence-corrected chi connectivity index (χ3v) is 5.25. The number of Topliss-reactive ketones (excluding diaryl/α,β-unsaturated/α-hetero) is 1. The molecule has 0 fully saturated rings. The Labute approximate surface area is 173 Å². The van der Waals surface area contributed by atoms with Gasteiger partial charge in [-0.3, -0.25) is 9.59 Å². The monoisotopic (exact) mass is 445 g/mol. The molecule has 0 saturated heterocycles. The number of halogens is 1. The molecule has 2 aromatic rings. The summed E-state index contributed by atoms with van der Waals surface area (Å²) in [5.41, 5.74) is 2.87. The molecule has 0 N–H and O–H groups in total. The van der Waals surface area contributed by atoms with Crippen LogP contribution in [0.15, 0.2) is 34.8 Å². The second-order valence-electron chi connectivity index (χ2n) is 6.88. The summed E-state index contributed by atoms with van der Waals surface area (Å²) in [5.74, 6) is 0.337. The van der Waals surface area contributed by atoms with Crippen molar-refractivity contribution in [3.05, 3.63) is 51.5 Å². The van der Waals surface area contributed by atoms with Crippen LogP contribution in [-0.2, 0) is 11.3 Å². The third kappa shape index (κ3) is 4.07. The molecule has 6 heteroatoms. The van der Waals surface area contributed by atoms with Crippen molar-refractivity contribution in [1.29, 1.82) is 0 Å². The molecular weight excluding hydrogens is 422 g/mol. The second kappa shape index (κ2) is 8.78. The molecule has 148 valence electrons. The standard InChI is InChI=1S/C22H24BrNO4/c1-4-5-6-9-28-18-8-7-15(11-19(18)27-3)13-24-20-14(2)10-16(23)12-17(20)21(25)22(24)26/h7-8,10-12H,4-6,9,13H2,1-3H3. The Balaban J connectivity index is 1.83. The van der Waals surface area contributed by atoms with E-state index < -0.39 is 11.7 Å². The summed E-state index contributed by atoms with van der Waals surface area (Å²) in [6, 6.07) is 9.24. The molecule has 0 atom stereocenters. The Hall–Kier alpha value is -2.34. The molecule has 0 bridgehead atoms. The number of hydrogen-bond donors (Lipinski definition) is 0. The summed E-state index contributed by atoms with van der Waals surface area (Å²) in [5, 5.41) is 0. The lowest BCUT2D eigenvalue weighted by molar-refractivity contribution is -0.114. The van der Waals surface area contributed by atoms with Crippen molar-refractivity contribution in [2.24, 2.45) is 0 Å². The minimum Gasteiger partial charge on any atom is -0.493 e. The minimum atomic E-state index is -0.505. The molecule has 0 saturated carbocycles. The summed E-state index contributed by atoms with van der Waals surface area (Å²) < 4.78 is 12.1. The highest BCUT2D eigenvalue weighted by atomic mass is 79.9. The van der Waals surface area contributed by atoms with Gasteiger partial charge < -0.3 is 14.4 Å². The number of hydrogen-bond acceptors (Lipinski definition) is 4. The molecule has 0 spiro atoms. The average molecular weight is 446 g/mol. The van der Waals surface area contributed by atoms with Gasteiger partial charge in [0.25, 0.3) is 11.7 Å². The molecule has 0 radical (unpaired) electrons. The minimum absolute atomic E-state index is 0.298. The maximum atomic E-state index is 12.6. The lowest BCUT2D eigenvalue weighted by atomic mass is 10.1. The summed E-state index contributed by atoms with van der Waals surface area (Å²) in [4.78, 5) is 26.5. The van der Waals surface area contributed by atoms with Crippen LogP contribution in [0.1, 0.15) is 47.7 Å². The predicted octanol–water partition coefficient (Wildman–Crippen LogP) is 5.06. The number of nitrogens with zero attached hydrogens (tertiary/aromatic N) is 1. The van der Waals surface area contributed by atoms with Gasteiger partial charge >= 0.3 is 0 Å². The van der Waals surface area contributed by atoms with Crippen LogP contribution in [0.25, 0.3) is 0 Å². The van der Waals surface area contributed by atoms with Gasteiger partial charge in [0.1, 0.15) is 0 Å². The zero-order valence-electron chi connectivity index (χ0n) is 16.4. The number of carbonyl (C=O) groups is 2. The number of unbranched alkanes of at least 4 members (excludes halogenated alkanes) is 2. The van der Waals surface area contributed by atoms with E-state index in [-0.39, 0.29) is 0 Å². The summed E-state index contributed by atoms with van der Waals surface area (Å²) in [6.45, 7) is 4.99. The molecule has 0 aromatic heterocycles. The highest BCUT2D eigenvalue weighted by molar-refractivity contribution is 9.10. The number of benzene rings is 2. The summed E-state index contributed by atoms with van der Waals surface area (Å²) >= 11 is 3.39. The lowest BCUT2D eigenvalue weighted by Crippen LogP contribution is -2.29. The molecule has 3 rings (SSSR count). The number of ether oxygens (including phenoxy) is 2. The first-order valence-electron chi connectivity index (χ1n) is 9.42. The third-order valence-electron chi connectivity index (χ3n) is 4.79. The Morgan fingerprint density at radius 1 is 1.07 bits per heavy atom. The molecule has 1 aliphatic heterocycles. The fourth-order valence-electron chi connectivity index (χ4n) is 3.40. The van der Waals surface area contributed by atoms with Crippen LogP contribution in [0.5, 0.6) is 11.5 Å². The van der Waals surface area contributed by atoms with E-state index in [1.807, 2.05) is 31.2 Å². The van der Waals surface area contributed by atoms with Crippen LogP contribution < -0.4 is 14.4 Å². The average Bonchev–Trinajstić information content (AvgIpc) is 2.91. The molecule has 1 aliphatic rings. The Kier molecular flexibility index (Phi) is 6.39. The molecule has 2 aromatic carbocycles. The first-order chi connectivity index (χ1) is 13.5. The van der Waals surface area contributed by atoms with Gasteiger partial charge in [-0.1, -0.05) is 41.8 Å². The quantitative estimate of drug-likeness (QED) is 0.420. The Morgan fingerprint density at radius 2 is 1.86 bits per heavy atom. The van der Waals surface area contributed by atoms with Crippen LogP contribution in [0.2, 0.25) is 0 Å². The number of rotatable bonds is 8. The zero-order chi connectivity index (χ0) is 20.3. The van der Waals surface area contributed by atoms with Gasteiger partial charge in [-0.2, -0.15) is 0 Å². The van der Waals surface area contributed by atoms with Crippen molar-refractivity contribution in [1.82, 2.24) is 0 Å². The molecule has 1 heterocycles. The van der Waals surface area contributed by atoms with Crippen molar-refractivity contribution in [2.75, 3.05) is 18.6 Å². The number of aryl methyl sites for hydroxylation is 1. The van der Waals surface area contributed by atoms with Crippen LogP contribution in [0.3, 0.4) is 0 Å². The smallest absolute Gasteiger partial charge is 0.299 e. The van der Waals surface area contributed by atoms with E-state index in [1.165, 1.54) is 4.90 Å². The fraction of sp³-hybridized carbons (Fsp3) is 0.364. The Bertz CT molecular complexity index is 910. The second-order valence-corrected chi connectivity index (χ2v) is 7.80. The number of ketones is 1. The molecule has 0 unspecified atom stereocenters. The SMILES string of the molecule is CCCCCOc1ccc(CN2C(=O)C(=O)c3cc(Br)cc(C)c32)cc1OC. The highest BCUT2D eigenvalue weighted by Gasteiger charge is 2.37. The largest absolute Gasteiger partial charge is 0.493 e. The number of methoxy groups -OCH3 is 1. The first kappa shape index (κ1) is 20.4. The van der Waals surface area contributed by atoms with Gasteiger partial charge in [0.05, 0.1) is 31.5 Å². The van der Waals surface area contributed by atoms with E-state index in [0.717, 1.165) is 34.9 Å². The van der Waals surface area contributed by atoms with Gasteiger partial charge in [-0.25, -0.2) is 0 Å². The first-order valence-corrected chi connectivity index (χ1v) is 10.2. The van der Waals surface area contributed by atoms with Crippen molar-refractivity contribution in [2.45, 2.75) is 39.7 Å². The fourth-order valence-corrected chi connectivity index (χ4v) is 3.98. The number of anilines is 1. The molecule has 28 heavy (non-hydrogen) atoms. The van der Waals surface area contributed by atoms with Crippen LogP contribution in [-0.4, -0.2) is 25.4 Å². The predicted molar refractivity (Wildman–Crippen MR) is 112 cm³/mol. The Morgan fingerprint density at radius 3 is 2.57 bits per heavy atom. The molecule has 5 nitrogen and oxygen atoms in total. The van der Waals surface area contributed by atoms with Gasteiger partial charge in [-0.15, -0.1) is 0 Å². The summed E-state index contributed by atoms with van der Waals surface area (Å²) in [6.07, 6.45) is 3.26. The van der Waals surface area contributed by atoms with Crippen LogP contribution in [0, 0.1) is 6.92 Å².